The number of ether oxygens (including phenoxy) is 1. The number of carbonyl (C=O) groups excluding carboxylic acids is 1. The number of amides is 1. The number of halogens is 1. The van der Waals surface area contributed by atoms with Gasteiger partial charge in [-0.25, -0.2) is 4.79 Å². The van der Waals surface area contributed by atoms with Crippen molar-refractivity contribution in [1.29, 1.82) is 0 Å². The Morgan fingerprint density at radius 3 is 2.35 bits per heavy atom. The van der Waals surface area contributed by atoms with Gasteiger partial charge >= 0.3 is 12.1 Å². The van der Waals surface area contributed by atoms with Crippen LogP contribution in [0, 0.1) is 0 Å². The van der Waals surface area contributed by atoms with E-state index >= 15 is 0 Å². The second kappa shape index (κ2) is 8.61. The molecule has 0 saturated carbocycles. The Kier molecular flexibility index (Phi) is 6.29. The van der Waals surface area contributed by atoms with Crippen LogP contribution in [0.4, 0.5) is 10.5 Å². The van der Waals surface area contributed by atoms with E-state index in [2.05, 4.69) is 5.32 Å². The molecule has 3 N–H and O–H groups in total. The van der Waals surface area contributed by atoms with Crippen molar-refractivity contribution in [2.45, 2.75) is 38.3 Å². The molecular weight excluding hydrogens is 420 g/mol. The minimum atomic E-state index is -1.26. The first-order valence-corrected chi connectivity index (χ1v) is 10.1. The van der Waals surface area contributed by atoms with Gasteiger partial charge in [0.15, 0.2) is 0 Å². The number of anilines is 1. The molecule has 0 aliphatic heterocycles. The number of aliphatic carboxylic acids is 1. The van der Waals surface area contributed by atoms with E-state index in [-0.39, 0.29) is 6.42 Å². The first kappa shape index (κ1) is 22.7. The maximum atomic E-state index is 12.3. The molecule has 1 unspecified atom stereocenters. The highest BCUT2D eigenvalue weighted by molar-refractivity contribution is 6.30. The van der Waals surface area contributed by atoms with Crippen LogP contribution in [0.5, 0.6) is 0 Å². The second-order valence-electron chi connectivity index (χ2n) is 8.32. The molecule has 1 atom stereocenters. The molecule has 0 saturated heterocycles. The number of benzene rings is 2. The van der Waals surface area contributed by atoms with Crippen LogP contribution in [0.25, 0.3) is 10.9 Å². The number of aromatic nitrogens is 1. The molecule has 0 bridgehead atoms. The highest BCUT2D eigenvalue weighted by Crippen LogP contribution is 2.36. The Balaban J connectivity index is 2.12. The van der Waals surface area contributed by atoms with Gasteiger partial charge in [-0.05, 0) is 56.7 Å². The van der Waals surface area contributed by atoms with Crippen molar-refractivity contribution in [3.63, 3.8) is 0 Å². The molecule has 31 heavy (non-hydrogen) atoms. The van der Waals surface area contributed by atoms with Crippen molar-refractivity contribution in [1.82, 2.24) is 4.57 Å². The zero-order chi connectivity index (χ0) is 22.8. The van der Waals surface area contributed by atoms with Crippen molar-refractivity contribution in [3.8, 4) is 0 Å². The smallest absolute Gasteiger partial charge is 0.412 e. The van der Waals surface area contributed by atoms with Crippen LogP contribution in [0.15, 0.2) is 54.7 Å². The van der Waals surface area contributed by atoms with Crippen molar-refractivity contribution in [2.24, 2.45) is 0 Å². The summed E-state index contributed by atoms with van der Waals surface area (Å²) in [6, 6.07) is 13.8. The second-order valence-corrected chi connectivity index (χ2v) is 8.75. The zero-order valence-electron chi connectivity index (χ0n) is 17.6. The number of nitrogens with zero attached hydrogens (tertiary/aromatic N) is 1. The maximum Gasteiger partial charge on any atom is 0.412 e. The lowest BCUT2D eigenvalue weighted by molar-refractivity contribution is -0.139. The molecule has 1 aromatic heterocycles. The predicted molar refractivity (Wildman–Crippen MR) is 120 cm³/mol. The number of hydrogen-bond donors (Lipinski definition) is 3. The third kappa shape index (κ3) is 4.84. The third-order valence-corrected chi connectivity index (χ3v) is 5.17. The van der Waals surface area contributed by atoms with Crippen LogP contribution >= 0.6 is 11.6 Å². The van der Waals surface area contributed by atoms with Crippen LogP contribution in [0.1, 0.15) is 32.8 Å². The van der Waals surface area contributed by atoms with Gasteiger partial charge in [0.2, 0.25) is 0 Å². The molecule has 7 nitrogen and oxygen atoms in total. The standard InChI is InChI=1S/C23H25ClN2O5/c1-22(2,3)31-21(30)25-18-5-4-6-19-17(18)11-12-26(19)23(14-27,13-20(28)29)15-7-9-16(24)10-8-15/h4-12,27H,13-14H2,1-3H3,(H,25,30)(H,28,29). The molecule has 8 heteroatoms. The Labute approximate surface area is 185 Å². The van der Waals surface area contributed by atoms with E-state index in [9.17, 15) is 19.8 Å². The van der Waals surface area contributed by atoms with Gasteiger partial charge in [-0.1, -0.05) is 29.8 Å². The summed E-state index contributed by atoms with van der Waals surface area (Å²) >= 11 is 6.01. The topological polar surface area (TPSA) is 101 Å². The highest BCUT2D eigenvalue weighted by atomic mass is 35.5. The van der Waals surface area contributed by atoms with Gasteiger partial charge in [0.1, 0.15) is 11.1 Å². The number of nitrogens with one attached hydrogen (secondary N) is 1. The molecule has 3 rings (SSSR count). The third-order valence-electron chi connectivity index (χ3n) is 4.92. The number of hydrogen-bond acceptors (Lipinski definition) is 4. The van der Waals surface area contributed by atoms with E-state index < -0.39 is 29.8 Å². The van der Waals surface area contributed by atoms with Crippen molar-refractivity contribution in [3.05, 3.63) is 65.3 Å². The zero-order valence-corrected chi connectivity index (χ0v) is 18.3. The number of carbonyl (C=O) groups is 2. The molecule has 0 aliphatic rings. The number of rotatable bonds is 6. The van der Waals surface area contributed by atoms with Gasteiger partial charge in [0.05, 0.1) is 24.2 Å². The number of carboxylic acids is 1. The van der Waals surface area contributed by atoms with Gasteiger partial charge in [0, 0.05) is 16.6 Å². The molecular formula is C23H25ClN2O5. The molecule has 164 valence electrons. The molecule has 1 heterocycles. The largest absolute Gasteiger partial charge is 0.481 e. The normalized spacial score (nSPS) is 13.6. The average molecular weight is 445 g/mol. The summed E-state index contributed by atoms with van der Waals surface area (Å²) in [5.74, 6) is -1.06. The van der Waals surface area contributed by atoms with Crippen LogP contribution in [0.3, 0.4) is 0 Å². The summed E-state index contributed by atoms with van der Waals surface area (Å²) < 4.78 is 7.05. The van der Waals surface area contributed by atoms with E-state index in [0.717, 1.165) is 0 Å². The number of aliphatic hydroxyl groups is 1. The van der Waals surface area contributed by atoms with Crippen molar-refractivity contribution in [2.75, 3.05) is 11.9 Å². The molecule has 2 aromatic carbocycles. The summed E-state index contributed by atoms with van der Waals surface area (Å²) in [6.07, 6.45) is 0.765. The maximum absolute atomic E-state index is 12.3. The summed E-state index contributed by atoms with van der Waals surface area (Å²) in [6.45, 7) is 4.88. The number of fused-ring (bicyclic) bond motifs is 1. The average Bonchev–Trinajstić information content (AvgIpc) is 3.11. The fraction of sp³-hybridized carbons (Fsp3) is 0.304. The van der Waals surface area contributed by atoms with Crippen LogP contribution in [-0.2, 0) is 15.1 Å². The van der Waals surface area contributed by atoms with Gasteiger partial charge in [0.25, 0.3) is 0 Å². The first-order chi connectivity index (χ1) is 14.6. The first-order valence-electron chi connectivity index (χ1n) is 9.75. The molecule has 0 fully saturated rings. The lowest BCUT2D eigenvalue weighted by atomic mass is 9.86. The minimum absolute atomic E-state index is 0.349. The fourth-order valence-electron chi connectivity index (χ4n) is 3.62. The Hall–Kier alpha value is -3.03. The van der Waals surface area contributed by atoms with Crippen LogP contribution in [-0.4, -0.2) is 39.1 Å². The van der Waals surface area contributed by atoms with Gasteiger partial charge in [-0.15, -0.1) is 0 Å². The van der Waals surface area contributed by atoms with E-state index in [0.29, 0.717) is 27.2 Å². The quantitative estimate of drug-likeness (QED) is 0.504. The van der Waals surface area contributed by atoms with E-state index in [1.165, 1.54) is 0 Å². The predicted octanol–water partition coefficient (Wildman–Crippen LogP) is 4.85. The Bertz CT molecular complexity index is 1100. The summed E-state index contributed by atoms with van der Waals surface area (Å²) in [7, 11) is 0. The lowest BCUT2D eigenvalue weighted by Crippen LogP contribution is -2.40. The summed E-state index contributed by atoms with van der Waals surface area (Å²) in [5, 5.41) is 24.0. The Morgan fingerprint density at radius 2 is 1.77 bits per heavy atom. The molecule has 0 radical (unpaired) electrons. The van der Waals surface area contributed by atoms with Crippen LogP contribution < -0.4 is 5.32 Å². The summed E-state index contributed by atoms with van der Waals surface area (Å²) in [4.78, 5) is 24.0. The van der Waals surface area contributed by atoms with Gasteiger partial charge in [-0.2, -0.15) is 0 Å². The van der Waals surface area contributed by atoms with Crippen molar-refractivity contribution >= 4 is 40.3 Å². The van der Waals surface area contributed by atoms with Crippen molar-refractivity contribution < 1.29 is 24.5 Å². The molecule has 1 amide bonds. The SMILES string of the molecule is CC(C)(C)OC(=O)Nc1cccc2c1ccn2C(CO)(CC(=O)O)c1ccc(Cl)cc1. The monoisotopic (exact) mass is 444 g/mol. The number of aliphatic hydroxyl groups excluding tert-OH is 1. The minimum Gasteiger partial charge on any atom is -0.481 e. The molecule has 0 aliphatic carbocycles. The fourth-order valence-corrected chi connectivity index (χ4v) is 3.75. The van der Waals surface area contributed by atoms with E-state index in [1.54, 1.807) is 80.1 Å². The Morgan fingerprint density at radius 1 is 1.10 bits per heavy atom. The van der Waals surface area contributed by atoms with Crippen LogP contribution in [0.2, 0.25) is 5.02 Å². The summed E-state index contributed by atoms with van der Waals surface area (Å²) in [5.41, 5.74) is -0.137. The molecule has 0 spiro atoms. The van der Waals surface area contributed by atoms with Gasteiger partial charge < -0.3 is 19.5 Å². The highest BCUT2D eigenvalue weighted by Gasteiger charge is 2.37. The van der Waals surface area contributed by atoms with Gasteiger partial charge in [-0.3, -0.25) is 10.1 Å². The van der Waals surface area contributed by atoms with E-state index in [4.69, 9.17) is 16.3 Å². The molecule has 3 aromatic rings. The lowest BCUT2D eigenvalue weighted by Gasteiger charge is -2.34. The van der Waals surface area contributed by atoms with E-state index in [1.807, 2.05) is 0 Å². The number of carboxylic acid groups (broad SMARTS) is 1.